The Bertz CT molecular complexity index is 518. The highest BCUT2D eigenvalue weighted by atomic mass is 16.6. The van der Waals surface area contributed by atoms with E-state index in [4.69, 9.17) is 0 Å². The number of benzene rings is 1. The van der Waals surface area contributed by atoms with Crippen LogP contribution < -0.4 is 10.2 Å². The largest absolute Gasteiger partial charge is 0.480 e. The van der Waals surface area contributed by atoms with Crippen molar-refractivity contribution < 1.29 is 14.8 Å². The number of nitro benzene ring substituents is 1. The number of hydrogen-bond donors (Lipinski definition) is 2. The van der Waals surface area contributed by atoms with Gasteiger partial charge in [-0.05, 0) is 13.0 Å². The lowest BCUT2D eigenvalue weighted by Gasteiger charge is -2.36. The molecular formula is C12H15N3O4. The number of rotatable bonds is 3. The monoisotopic (exact) mass is 265 g/mol. The molecule has 1 aliphatic heterocycles. The molecule has 1 aromatic carbocycles. The van der Waals surface area contributed by atoms with Crippen molar-refractivity contribution in [2.45, 2.75) is 13.0 Å². The molecule has 0 amide bonds. The normalized spacial score (nSPS) is 19.2. The van der Waals surface area contributed by atoms with Crippen LogP contribution >= 0.6 is 0 Å². The summed E-state index contributed by atoms with van der Waals surface area (Å²) in [5.74, 6) is -0.932. The molecule has 7 heteroatoms. The average molecular weight is 265 g/mol. The van der Waals surface area contributed by atoms with Crippen LogP contribution in [-0.4, -0.2) is 41.7 Å². The van der Waals surface area contributed by atoms with Crippen LogP contribution in [0.15, 0.2) is 18.2 Å². The number of nitrogens with one attached hydrogen (secondary N) is 1. The number of piperazine rings is 1. The Morgan fingerprint density at radius 2 is 2.32 bits per heavy atom. The molecule has 0 aromatic heterocycles. The SMILES string of the molecule is Cc1c(N2CCNCC2C(=O)O)cccc1[N+](=O)[O-]. The zero-order chi connectivity index (χ0) is 14.0. The molecule has 102 valence electrons. The second-order valence-corrected chi connectivity index (χ2v) is 4.43. The van der Waals surface area contributed by atoms with Gasteiger partial charge in [-0.2, -0.15) is 0 Å². The Hall–Kier alpha value is -2.15. The van der Waals surface area contributed by atoms with Gasteiger partial charge in [0, 0.05) is 31.4 Å². The summed E-state index contributed by atoms with van der Waals surface area (Å²) in [6, 6.07) is 4.04. The van der Waals surface area contributed by atoms with Crippen molar-refractivity contribution in [3.63, 3.8) is 0 Å². The quantitative estimate of drug-likeness (QED) is 0.619. The number of nitro groups is 1. The van der Waals surface area contributed by atoms with E-state index >= 15 is 0 Å². The smallest absolute Gasteiger partial charge is 0.327 e. The van der Waals surface area contributed by atoms with Gasteiger partial charge < -0.3 is 15.3 Å². The molecule has 1 heterocycles. The summed E-state index contributed by atoms with van der Waals surface area (Å²) in [5, 5.41) is 23.2. The zero-order valence-electron chi connectivity index (χ0n) is 10.5. The lowest BCUT2D eigenvalue weighted by Crippen LogP contribution is -2.55. The third-order valence-electron chi connectivity index (χ3n) is 3.31. The summed E-state index contributed by atoms with van der Waals surface area (Å²) in [5.41, 5.74) is 1.13. The molecule has 0 spiro atoms. The predicted molar refractivity (Wildman–Crippen MR) is 69.5 cm³/mol. The molecule has 2 N–H and O–H groups in total. The molecule has 2 rings (SSSR count). The van der Waals surface area contributed by atoms with Gasteiger partial charge in [-0.25, -0.2) is 4.79 Å². The fourth-order valence-electron chi connectivity index (χ4n) is 2.33. The van der Waals surface area contributed by atoms with Crippen molar-refractivity contribution in [1.29, 1.82) is 0 Å². The maximum atomic E-state index is 11.3. The van der Waals surface area contributed by atoms with Gasteiger partial charge in [-0.3, -0.25) is 10.1 Å². The Morgan fingerprint density at radius 3 is 2.95 bits per heavy atom. The van der Waals surface area contributed by atoms with Crippen LogP contribution in [-0.2, 0) is 4.79 Å². The lowest BCUT2D eigenvalue weighted by atomic mass is 10.1. The molecule has 0 bridgehead atoms. The van der Waals surface area contributed by atoms with E-state index in [1.165, 1.54) is 6.07 Å². The van der Waals surface area contributed by atoms with Gasteiger partial charge >= 0.3 is 5.97 Å². The summed E-state index contributed by atoms with van der Waals surface area (Å²) in [7, 11) is 0. The van der Waals surface area contributed by atoms with Crippen LogP contribution in [0.4, 0.5) is 11.4 Å². The van der Waals surface area contributed by atoms with E-state index in [-0.39, 0.29) is 5.69 Å². The molecule has 1 aliphatic rings. The second-order valence-electron chi connectivity index (χ2n) is 4.43. The number of aliphatic carboxylic acids is 1. The first-order chi connectivity index (χ1) is 9.02. The van der Waals surface area contributed by atoms with Crippen molar-refractivity contribution in [2.24, 2.45) is 0 Å². The van der Waals surface area contributed by atoms with Gasteiger partial charge in [0.2, 0.25) is 0 Å². The maximum absolute atomic E-state index is 11.3. The molecule has 0 radical (unpaired) electrons. The Kier molecular flexibility index (Phi) is 3.66. The molecule has 1 fully saturated rings. The predicted octanol–water partition coefficient (Wildman–Crippen LogP) is 0.766. The van der Waals surface area contributed by atoms with Gasteiger partial charge in [0.1, 0.15) is 6.04 Å². The van der Waals surface area contributed by atoms with Gasteiger partial charge in [0.05, 0.1) is 10.5 Å². The van der Waals surface area contributed by atoms with E-state index in [9.17, 15) is 20.0 Å². The Morgan fingerprint density at radius 1 is 1.58 bits per heavy atom. The fourth-order valence-corrected chi connectivity index (χ4v) is 2.33. The van der Waals surface area contributed by atoms with Crippen LogP contribution in [0.3, 0.4) is 0 Å². The highest BCUT2D eigenvalue weighted by Crippen LogP contribution is 2.29. The van der Waals surface area contributed by atoms with Gasteiger partial charge in [0.15, 0.2) is 0 Å². The van der Waals surface area contributed by atoms with Crippen molar-refractivity contribution in [3.05, 3.63) is 33.9 Å². The van der Waals surface area contributed by atoms with E-state index in [2.05, 4.69) is 5.32 Å². The number of carboxylic acids is 1. The average Bonchev–Trinajstić information content (AvgIpc) is 2.38. The molecular weight excluding hydrogens is 250 g/mol. The third-order valence-corrected chi connectivity index (χ3v) is 3.31. The lowest BCUT2D eigenvalue weighted by molar-refractivity contribution is -0.385. The fraction of sp³-hybridized carbons (Fsp3) is 0.417. The minimum absolute atomic E-state index is 0.0140. The number of hydrogen-bond acceptors (Lipinski definition) is 5. The molecule has 0 saturated carbocycles. The maximum Gasteiger partial charge on any atom is 0.327 e. The number of anilines is 1. The third kappa shape index (κ3) is 2.50. The highest BCUT2D eigenvalue weighted by Gasteiger charge is 2.30. The summed E-state index contributed by atoms with van der Waals surface area (Å²) >= 11 is 0. The van der Waals surface area contributed by atoms with Crippen LogP contribution in [0.25, 0.3) is 0 Å². The van der Waals surface area contributed by atoms with Crippen LogP contribution in [0.1, 0.15) is 5.56 Å². The van der Waals surface area contributed by atoms with Crippen LogP contribution in [0.5, 0.6) is 0 Å². The van der Waals surface area contributed by atoms with E-state index in [1.807, 2.05) is 0 Å². The number of nitrogens with zero attached hydrogens (tertiary/aromatic N) is 2. The van der Waals surface area contributed by atoms with E-state index in [0.717, 1.165) is 0 Å². The molecule has 7 nitrogen and oxygen atoms in total. The molecule has 1 unspecified atom stereocenters. The summed E-state index contributed by atoms with van der Waals surface area (Å²) in [4.78, 5) is 23.4. The standard InChI is InChI=1S/C12H15N3O4/c1-8-9(3-2-4-10(8)15(18)19)14-6-5-13-7-11(14)12(16)17/h2-4,11,13H,5-7H2,1H3,(H,16,17). The van der Waals surface area contributed by atoms with Gasteiger partial charge in [-0.15, -0.1) is 0 Å². The van der Waals surface area contributed by atoms with Crippen molar-refractivity contribution >= 4 is 17.3 Å². The molecule has 1 atom stereocenters. The van der Waals surface area contributed by atoms with Crippen molar-refractivity contribution in [2.75, 3.05) is 24.5 Å². The van der Waals surface area contributed by atoms with Crippen LogP contribution in [0.2, 0.25) is 0 Å². The van der Waals surface area contributed by atoms with E-state index < -0.39 is 16.9 Å². The first-order valence-electron chi connectivity index (χ1n) is 5.96. The first kappa shape index (κ1) is 13.3. The van der Waals surface area contributed by atoms with E-state index in [1.54, 1.807) is 24.0 Å². The van der Waals surface area contributed by atoms with Crippen molar-refractivity contribution in [3.8, 4) is 0 Å². The Labute approximate surface area is 110 Å². The highest BCUT2D eigenvalue weighted by molar-refractivity contribution is 5.80. The molecule has 0 aliphatic carbocycles. The minimum Gasteiger partial charge on any atom is -0.480 e. The number of carbonyl (C=O) groups is 1. The second kappa shape index (κ2) is 5.23. The van der Waals surface area contributed by atoms with Crippen LogP contribution in [0, 0.1) is 17.0 Å². The first-order valence-corrected chi connectivity index (χ1v) is 5.96. The van der Waals surface area contributed by atoms with E-state index in [0.29, 0.717) is 30.9 Å². The van der Waals surface area contributed by atoms with Gasteiger partial charge in [-0.1, -0.05) is 6.07 Å². The molecule has 19 heavy (non-hydrogen) atoms. The van der Waals surface area contributed by atoms with Gasteiger partial charge in [0.25, 0.3) is 5.69 Å². The molecule has 1 aromatic rings. The summed E-state index contributed by atoms with van der Waals surface area (Å²) in [6.45, 7) is 3.15. The summed E-state index contributed by atoms with van der Waals surface area (Å²) < 4.78 is 0. The molecule has 1 saturated heterocycles. The van der Waals surface area contributed by atoms with Crippen molar-refractivity contribution in [1.82, 2.24) is 5.32 Å². The topological polar surface area (TPSA) is 95.7 Å². The zero-order valence-corrected chi connectivity index (χ0v) is 10.5. The Balaban J connectivity index is 2.42. The minimum atomic E-state index is -0.932. The number of carboxylic acid groups (broad SMARTS) is 1. The summed E-state index contributed by atoms with van der Waals surface area (Å²) in [6.07, 6.45) is 0.